The lowest BCUT2D eigenvalue weighted by Crippen LogP contribution is -2.33. The first kappa shape index (κ1) is 29.2. The van der Waals surface area contributed by atoms with Gasteiger partial charge in [-0.25, -0.2) is 0 Å². The third-order valence-corrected chi connectivity index (χ3v) is 15.6. The van der Waals surface area contributed by atoms with Crippen LogP contribution in [0.25, 0.3) is 21.8 Å². The summed E-state index contributed by atoms with van der Waals surface area (Å²) in [6.07, 6.45) is 9.66. The Labute approximate surface area is 290 Å². The Morgan fingerprint density at radius 3 is 1.08 bits per heavy atom. The van der Waals surface area contributed by atoms with E-state index in [9.17, 15) is 0 Å². The van der Waals surface area contributed by atoms with Gasteiger partial charge < -0.3 is 8.68 Å². The summed E-state index contributed by atoms with van der Waals surface area (Å²) in [5, 5.41) is 8.49. The van der Waals surface area contributed by atoms with Gasteiger partial charge in [0.2, 0.25) is 0 Å². The highest BCUT2D eigenvalue weighted by Gasteiger charge is 2.45. The number of aryl methyl sites for hydroxylation is 2. The van der Waals surface area contributed by atoms with Gasteiger partial charge in [0.05, 0.1) is 27.2 Å². The lowest BCUT2D eigenvalue weighted by Gasteiger charge is -2.40. The van der Waals surface area contributed by atoms with Gasteiger partial charge in [-0.2, -0.15) is 0 Å². The summed E-state index contributed by atoms with van der Waals surface area (Å²) in [5.41, 5.74) is 8.75. The first-order valence-corrected chi connectivity index (χ1v) is 20.0. The Morgan fingerprint density at radius 2 is 0.735 bits per heavy atom. The number of fused-ring (bicyclic) bond motifs is 2. The van der Waals surface area contributed by atoms with Gasteiger partial charge in [-0.15, -0.1) is 0 Å². The Morgan fingerprint density at radius 1 is 0.388 bits per heavy atom. The molecule has 0 fully saturated rings. The van der Waals surface area contributed by atoms with Crippen LogP contribution >= 0.6 is 16.1 Å². The number of nitrogens with zero attached hydrogens (tertiary/aromatic N) is 2. The van der Waals surface area contributed by atoms with Crippen molar-refractivity contribution in [3.63, 3.8) is 0 Å². The van der Waals surface area contributed by atoms with Crippen LogP contribution in [-0.2, 0) is 18.3 Å². The highest BCUT2D eigenvalue weighted by Crippen LogP contribution is 2.56. The SMILES string of the molecule is c1ccc(P(c2ccccc2)n2cc3c4c(cccc42)CCC32CCc3cccc4c3c2cn4P(c2ccccc2)c2ccccc2)cc1. The molecule has 0 amide bonds. The fourth-order valence-electron chi connectivity index (χ4n) is 8.74. The Kier molecular flexibility index (Phi) is 6.97. The maximum Gasteiger partial charge on any atom is 0.0592 e. The molecule has 2 heterocycles. The van der Waals surface area contributed by atoms with Crippen molar-refractivity contribution >= 4 is 59.2 Å². The van der Waals surface area contributed by atoms with Crippen molar-refractivity contribution in [1.82, 2.24) is 8.68 Å². The van der Waals surface area contributed by atoms with E-state index in [0.717, 1.165) is 25.7 Å². The summed E-state index contributed by atoms with van der Waals surface area (Å²) >= 11 is 0. The van der Waals surface area contributed by atoms with Gasteiger partial charge in [0, 0.05) is 49.8 Å². The quantitative estimate of drug-likeness (QED) is 0.157. The third kappa shape index (κ3) is 4.55. The fraction of sp³-hybridized carbons (Fsp3) is 0.111. The average molecular weight is 667 g/mol. The molecule has 0 atom stereocenters. The summed E-state index contributed by atoms with van der Waals surface area (Å²) in [6, 6.07) is 58.8. The number of rotatable bonds is 6. The van der Waals surface area contributed by atoms with Crippen LogP contribution in [0.3, 0.4) is 0 Å². The molecule has 0 unspecified atom stereocenters. The number of hydrogen-bond donors (Lipinski definition) is 0. The zero-order valence-corrected chi connectivity index (χ0v) is 29.1. The molecule has 0 saturated heterocycles. The molecule has 0 bridgehead atoms. The summed E-state index contributed by atoms with van der Waals surface area (Å²) in [4.78, 5) is 0. The van der Waals surface area contributed by atoms with Crippen molar-refractivity contribution in [2.75, 3.05) is 0 Å². The van der Waals surface area contributed by atoms with Gasteiger partial charge in [0.25, 0.3) is 0 Å². The fourth-order valence-corrected chi connectivity index (χ4v) is 13.4. The molecule has 8 aromatic rings. The second kappa shape index (κ2) is 11.7. The molecule has 0 aliphatic heterocycles. The van der Waals surface area contributed by atoms with Crippen LogP contribution < -0.4 is 21.2 Å². The van der Waals surface area contributed by atoms with Gasteiger partial charge in [0.1, 0.15) is 0 Å². The molecule has 0 radical (unpaired) electrons. The van der Waals surface area contributed by atoms with Crippen molar-refractivity contribution in [1.29, 1.82) is 0 Å². The summed E-state index contributed by atoms with van der Waals surface area (Å²) < 4.78 is 5.33. The van der Waals surface area contributed by atoms with Crippen molar-refractivity contribution in [3.05, 3.63) is 192 Å². The summed E-state index contributed by atoms with van der Waals surface area (Å²) in [5.74, 6) is 0. The Bertz CT molecular complexity index is 2190. The van der Waals surface area contributed by atoms with Crippen LogP contribution in [0.1, 0.15) is 35.1 Å². The van der Waals surface area contributed by atoms with Crippen molar-refractivity contribution in [3.8, 4) is 0 Å². The zero-order valence-electron chi connectivity index (χ0n) is 27.3. The van der Waals surface area contributed by atoms with Crippen LogP contribution in [0.2, 0.25) is 0 Å². The van der Waals surface area contributed by atoms with E-state index in [4.69, 9.17) is 0 Å². The molecule has 2 aliphatic rings. The molecule has 236 valence electrons. The molecule has 2 aromatic heterocycles. The number of aromatic nitrogens is 2. The molecule has 49 heavy (non-hydrogen) atoms. The molecule has 0 saturated carbocycles. The first-order valence-electron chi connectivity index (χ1n) is 17.4. The smallest absolute Gasteiger partial charge is 0.0592 e. The second-order valence-corrected chi connectivity index (χ2v) is 17.6. The van der Waals surface area contributed by atoms with Crippen LogP contribution in [0, 0.1) is 0 Å². The predicted octanol–water partition coefficient (Wildman–Crippen LogP) is 9.57. The van der Waals surface area contributed by atoms with Crippen molar-refractivity contribution in [2.24, 2.45) is 0 Å². The minimum absolute atomic E-state index is 0.0432. The van der Waals surface area contributed by atoms with E-state index >= 15 is 0 Å². The maximum atomic E-state index is 2.66. The topological polar surface area (TPSA) is 9.86 Å². The predicted molar refractivity (Wildman–Crippen MR) is 210 cm³/mol. The number of benzene rings is 6. The van der Waals surface area contributed by atoms with Crippen molar-refractivity contribution < 1.29 is 0 Å². The summed E-state index contributed by atoms with van der Waals surface area (Å²) in [6.45, 7) is 0. The lowest BCUT2D eigenvalue weighted by atomic mass is 9.62. The minimum atomic E-state index is -0.801. The molecule has 1 spiro atoms. The average Bonchev–Trinajstić information content (AvgIpc) is 3.75. The molecule has 0 N–H and O–H groups in total. The molecule has 6 aromatic carbocycles. The lowest BCUT2D eigenvalue weighted by molar-refractivity contribution is 0.428. The Hall–Kier alpha value is -4.74. The molecule has 2 nitrogen and oxygen atoms in total. The van der Waals surface area contributed by atoms with Gasteiger partial charge in [-0.1, -0.05) is 146 Å². The largest absolute Gasteiger partial charge is 0.317 e. The molecule has 4 heteroatoms. The zero-order chi connectivity index (χ0) is 32.4. The van der Waals surface area contributed by atoms with Gasteiger partial charge >= 0.3 is 0 Å². The van der Waals surface area contributed by atoms with Crippen LogP contribution in [0.15, 0.2) is 170 Å². The van der Waals surface area contributed by atoms with Crippen LogP contribution in [0.5, 0.6) is 0 Å². The van der Waals surface area contributed by atoms with E-state index in [2.05, 4.69) is 179 Å². The normalized spacial score (nSPS) is 14.7. The van der Waals surface area contributed by atoms with Crippen LogP contribution in [0.4, 0.5) is 0 Å². The monoisotopic (exact) mass is 666 g/mol. The second-order valence-electron chi connectivity index (χ2n) is 13.4. The Balaban J connectivity index is 1.23. The minimum Gasteiger partial charge on any atom is -0.317 e. The highest BCUT2D eigenvalue weighted by atomic mass is 31.1. The van der Waals surface area contributed by atoms with Gasteiger partial charge in [-0.3, -0.25) is 0 Å². The summed E-state index contributed by atoms with van der Waals surface area (Å²) in [7, 11) is -1.60. The first-order chi connectivity index (χ1) is 24.3. The van der Waals surface area contributed by atoms with E-state index in [1.165, 1.54) is 65.3 Å². The van der Waals surface area contributed by atoms with E-state index < -0.39 is 16.1 Å². The van der Waals surface area contributed by atoms with E-state index in [1.807, 2.05) is 0 Å². The standard InChI is InChI=1S/C45H36N2P2/c1-5-17-35(18-6-1)48(36-19-7-2-8-20-36)46-31-39-43-33(15-13-25-41(43)46)27-29-45(39)30-28-34-16-14-26-42-44(34)40(45)32-47(42)49(37-21-9-3-10-22-37)38-23-11-4-12-24-38/h1-26,31-32H,27-30H2. The van der Waals surface area contributed by atoms with Gasteiger partial charge in [-0.05, 0) is 60.1 Å². The maximum absolute atomic E-state index is 2.66. The number of hydrogen-bond acceptors (Lipinski definition) is 0. The highest BCUT2D eigenvalue weighted by molar-refractivity contribution is 7.72. The molecule has 10 rings (SSSR count). The van der Waals surface area contributed by atoms with Gasteiger partial charge in [0.15, 0.2) is 0 Å². The van der Waals surface area contributed by atoms with Crippen molar-refractivity contribution in [2.45, 2.75) is 31.1 Å². The van der Waals surface area contributed by atoms with E-state index in [1.54, 1.807) is 0 Å². The molecule has 2 aliphatic carbocycles. The van der Waals surface area contributed by atoms with E-state index in [-0.39, 0.29) is 5.41 Å². The molecular weight excluding hydrogens is 630 g/mol. The van der Waals surface area contributed by atoms with Crippen LogP contribution in [-0.4, -0.2) is 8.68 Å². The van der Waals surface area contributed by atoms with E-state index in [0.29, 0.717) is 0 Å². The molecular formula is C45H36N2P2. The third-order valence-electron chi connectivity index (χ3n) is 10.9.